The van der Waals surface area contributed by atoms with Crippen LogP contribution in [0.3, 0.4) is 0 Å². The van der Waals surface area contributed by atoms with E-state index in [0.29, 0.717) is 12.6 Å². The highest BCUT2D eigenvalue weighted by atomic mass is 32.1. The minimum absolute atomic E-state index is 0.368. The van der Waals surface area contributed by atoms with Crippen LogP contribution in [0.25, 0.3) is 10.1 Å². The zero-order valence-corrected chi connectivity index (χ0v) is 12.4. The lowest BCUT2D eigenvalue weighted by atomic mass is 10.1. The Morgan fingerprint density at radius 1 is 1.15 bits per heavy atom. The number of nitrogens with one attached hydrogen (secondary N) is 1. The number of aliphatic hydroxyl groups is 1. The van der Waals surface area contributed by atoms with Crippen LogP contribution in [0.1, 0.15) is 36.7 Å². The summed E-state index contributed by atoms with van der Waals surface area (Å²) in [5.41, 5.74) is 0. The number of aliphatic hydroxyl groups excluding tert-OH is 1. The Morgan fingerprint density at radius 3 is 2.50 bits per heavy atom. The summed E-state index contributed by atoms with van der Waals surface area (Å²) in [4.78, 5) is 1.09. The first-order valence-electron chi connectivity index (χ1n) is 7.71. The van der Waals surface area contributed by atoms with Gasteiger partial charge in [0.25, 0.3) is 0 Å². The molecule has 1 atom stereocenters. The Labute approximate surface area is 123 Å². The monoisotopic (exact) mass is 287 g/mol. The molecule has 1 aromatic heterocycles. The van der Waals surface area contributed by atoms with Crippen molar-refractivity contribution in [2.24, 2.45) is 11.8 Å². The van der Waals surface area contributed by atoms with Crippen LogP contribution >= 0.6 is 11.3 Å². The molecule has 1 unspecified atom stereocenters. The molecule has 2 aliphatic rings. The molecule has 2 aliphatic carbocycles. The first-order valence-corrected chi connectivity index (χ1v) is 8.53. The number of fused-ring (bicyclic) bond motifs is 1. The Morgan fingerprint density at radius 2 is 1.85 bits per heavy atom. The average Bonchev–Trinajstić information content (AvgIpc) is 3.37. The van der Waals surface area contributed by atoms with Gasteiger partial charge < -0.3 is 10.4 Å². The van der Waals surface area contributed by atoms with Crippen molar-refractivity contribution in [3.8, 4) is 0 Å². The first kappa shape index (κ1) is 12.8. The van der Waals surface area contributed by atoms with E-state index in [0.717, 1.165) is 16.7 Å². The van der Waals surface area contributed by atoms with Gasteiger partial charge in [0.15, 0.2) is 0 Å². The second-order valence-corrected chi connectivity index (χ2v) is 7.43. The summed E-state index contributed by atoms with van der Waals surface area (Å²) < 4.78 is 1.27. The largest absolute Gasteiger partial charge is 0.386 e. The number of hydrogen-bond acceptors (Lipinski definition) is 3. The lowest BCUT2D eigenvalue weighted by Gasteiger charge is -2.19. The topological polar surface area (TPSA) is 32.3 Å². The fourth-order valence-electron chi connectivity index (χ4n) is 3.14. The quantitative estimate of drug-likeness (QED) is 0.849. The molecule has 2 aromatic rings. The third-order valence-corrected chi connectivity index (χ3v) is 5.80. The minimum Gasteiger partial charge on any atom is -0.386 e. The van der Waals surface area contributed by atoms with Gasteiger partial charge in [0.05, 0.1) is 0 Å². The third-order valence-electron chi connectivity index (χ3n) is 4.58. The highest BCUT2D eigenvalue weighted by Crippen LogP contribution is 2.44. The summed E-state index contributed by atoms with van der Waals surface area (Å²) >= 11 is 1.72. The molecule has 0 bridgehead atoms. The van der Waals surface area contributed by atoms with Gasteiger partial charge in [-0.05, 0) is 55.0 Å². The van der Waals surface area contributed by atoms with Gasteiger partial charge in [-0.1, -0.05) is 18.2 Å². The van der Waals surface area contributed by atoms with Crippen molar-refractivity contribution in [3.63, 3.8) is 0 Å². The number of benzene rings is 1. The summed E-state index contributed by atoms with van der Waals surface area (Å²) in [5, 5.41) is 15.3. The van der Waals surface area contributed by atoms with Crippen LogP contribution < -0.4 is 5.32 Å². The van der Waals surface area contributed by atoms with Gasteiger partial charge in [-0.2, -0.15) is 0 Å². The maximum Gasteiger partial charge on any atom is 0.101 e. The molecule has 2 nitrogen and oxygen atoms in total. The van der Waals surface area contributed by atoms with E-state index in [1.165, 1.54) is 35.8 Å². The molecule has 2 N–H and O–H groups in total. The molecular weight excluding hydrogens is 266 g/mol. The molecular formula is C17H21NOS. The minimum atomic E-state index is -0.368. The lowest BCUT2D eigenvalue weighted by molar-refractivity contribution is 0.169. The van der Waals surface area contributed by atoms with Gasteiger partial charge in [-0.15, -0.1) is 11.3 Å². The summed E-state index contributed by atoms with van der Waals surface area (Å²) in [6.07, 6.45) is 5.16. The number of hydrogen-bond donors (Lipinski definition) is 2. The standard InChI is InChI=1S/C17H21NOS/c19-14(10-18-17(11-5-6-11)12-7-8-12)16-9-13-3-1-2-4-15(13)20-16/h1-4,9,11-12,14,17-19H,5-8,10H2. The first-order chi connectivity index (χ1) is 9.81. The summed E-state index contributed by atoms with van der Waals surface area (Å²) in [6, 6.07) is 11.2. The molecule has 0 saturated heterocycles. The van der Waals surface area contributed by atoms with Crippen LogP contribution in [-0.4, -0.2) is 17.7 Å². The second-order valence-electron chi connectivity index (χ2n) is 6.31. The summed E-state index contributed by atoms with van der Waals surface area (Å²) in [6.45, 7) is 0.699. The van der Waals surface area contributed by atoms with E-state index >= 15 is 0 Å². The molecule has 20 heavy (non-hydrogen) atoms. The molecule has 3 heteroatoms. The van der Waals surface area contributed by atoms with E-state index in [1.807, 2.05) is 0 Å². The van der Waals surface area contributed by atoms with Crippen LogP contribution in [-0.2, 0) is 0 Å². The van der Waals surface area contributed by atoms with Crippen molar-refractivity contribution >= 4 is 21.4 Å². The molecule has 0 amide bonds. The third kappa shape index (κ3) is 2.62. The van der Waals surface area contributed by atoms with Gasteiger partial charge in [-0.3, -0.25) is 0 Å². The van der Waals surface area contributed by atoms with Crippen LogP contribution in [0, 0.1) is 11.8 Å². The fraction of sp³-hybridized carbons (Fsp3) is 0.529. The zero-order valence-electron chi connectivity index (χ0n) is 11.6. The Bertz CT molecular complexity index is 555. The van der Waals surface area contributed by atoms with Crippen molar-refractivity contribution < 1.29 is 5.11 Å². The molecule has 0 spiro atoms. The van der Waals surface area contributed by atoms with E-state index in [4.69, 9.17) is 0 Å². The predicted octanol–water partition coefficient (Wildman–Crippen LogP) is 3.71. The zero-order chi connectivity index (χ0) is 13.5. The SMILES string of the molecule is OC(CNC(C1CC1)C1CC1)c1cc2ccccc2s1. The van der Waals surface area contributed by atoms with Crippen LogP contribution in [0.5, 0.6) is 0 Å². The van der Waals surface area contributed by atoms with Gasteiger partial charge in [0.1, 0.15) is 6.10 Å². The van der Waals surface area contributed by atoms with Crippen molar-refractivity contribution in [1.29, 1.82) is 0 Å². The van der Waals surface area contributed by atoms with Crippen molar-refractivity contribution in [3.05, 3.63) is 35.2 Å². The predicted molar refractivity (Wildman–Crippen MR) is 84.0 cm³/mol. The molecule has 0 aliphatic heterocycles. The van der Waals surface area contributed by atoms with Crippen LogP contribution in [0.15, 0.2) is 30.3 Å². The van der Waals surface area contributed by atoms with Gasteiger partial charge in [-0.25, -0.2) is 0 Å². The Hall–Kier alpha value is -0.900. The smallest absolute Gasteiger partial charge is 0.101 e. The molecule has 1 heterocycles. The number of rotatable bonds is 6. The molecule has 1 aromatic carbocycles. The molecule has 2 fully saturated rings. The van der Waals surface area contributed by atoms with E-state index in [9.17, 15) is 5.11 Å². The van der Waals surface area contributed by atoms with Crippen molar-refractivity contribution in [2.75, 3.05) is 6.54 Å². The fourth-order valence-corrected chi connectivity index (χ4v) is 4.19. The van der Waals surface area contributed by atoms with Gasteiger partial charge in [0.2, 0.25) is 0 Å². The second kappa shape index (κ2) is 5.14. The summed E-state index contributed by atoms with van der Waals surface area (Å²) in [7, 11) is 0. The molecule has 0 radical (unpaired) electrons. The van der Waals surface area contributed by atoms with E-state index in [2.05, 4.69) is 35.6 Å². The Balaban J connectivity index is 1.42. The van der Waals surface area contributed by atoms with Gasteiger partial charge >= 0.3 is 0 Å². The maximum absolute atomic E-state index is 10.4. The highest BCUT2D eigenvalue weighted by Gasteiger charge is 2.41. The van der Waals surface area contributed by atoms with Gasteiger partial charge in [0, 0.05) is 22.2 Å². The van der Waals surface area contributed by atoms with Crippen molar-refractivity contribution in [2.45, 2.75) is 37.8 Å². The normalized spacial score (nSPS) is 20.7. The van der Waals surface area contributed by atoms with Crippen LogP contribution in [0.2, 0.25) is 0 Å². The molecule has 106 valence electrons. The van der Waals surface area contributed by atoms with E-state index in [1.54, 1.807) is 11.3 Å². The van der Waals surface area contributed by atoms with Crippen LogP contribution in [0.4, 0.5) is 0 Å². The van der Waals surface area contributed by atoms with E-state index < -0.39 is 0 Å². The highest BCUT2D eigenvalue weighted by molar-refractivity contribution is 7.19. The average molecular weight is 287 g/mol. The maximum atomic E-state index is 10.4. The molecule has 4 rings (SSSR count). The molecule has 2 saturated carbocycles. The lowest BCUT2D eigenvalue weighted by Crippen LogP contribution is -2.36. The Kier molecular flexibility index (Phi) is 3.29. The van der Waals surface area contributed by atoms with E-state index in [-0.39, 0.29) is 6.10 Å². The number of thiophene rings is 1. The van der Waals surface area contributed by atoms with Crippen molar-refractivity contribution in [1.82, 2.24) is 5.32 Å². The summed E-state index contributed by atoms with van der Waals surface area (Å²) in [5.74, 6) is 1.77.